The van der Waals surface area contributed by atoms with Crippen molar-refractivity contribution >= 4 is 23.4 Å². The van der Waals surface area contributed by atoms with Crippen LogP contribution in [0, 0.1) is 6.92 Å². The zero-order chi connectivity index (χ0) is 28.6. The minimum atomic E-state index is -4.23. The minimum absolute atomic E-state index is 0.0195. The number of alkyl halides is 5. The van der Waals surface area contributed by atoms with Crippen LogP contribution in [0.25, 0.3) is 6.08 Å². The highest BCUT2D eigenvalue weighted by atomic mass is 19.4. The number of carbonyl (C=O) groups is 1. The molecule has 1 unspecified atom stereocenters. The summed E-state index contributed by atoms with van der Waals surface area (Å²) in [5.41, 5.74) is 13.9. The van der Waals surface area contributed by atoms with E-state index in [9.17, 15) is 26.7 Å². The summed E-state index contributed by atoms with van der Waals surface area (Å²) in [6.07, 6.45) is -6.14. The third kappa shape index (κ3) is 9.31. The predicted octanol–water partition coefficient (Wildman–Crippen LogP) is 7.04. The van der Waals surface area contributed by atoms with Crippen LogP contribution in [0.1, 0.15) is 41.0 Å². The molecule has 0 amide bonds. The highest BCUT2D eigenvalue weighted by Crippen LogP contribution is 2.32. The molecule has 0 saturated carbocycles. The molecule has 3 aromatic rings. The van der Waals surface area contributed by atoms with Crippen LogP contribution in [0.5, 0.6) is 5.75 Å². The maximum Gasteiger partial charge on any atom is 0.426 e. The van der Waals surface area contributed by atoms with Gasteiger partial charge in [-0.25, -0.2) is 4.79 Å². The summed E-state index contributed by atoms with van der Waals surface area (Å²) in [6.45, 7) is 3.91. The molecular formula is C29H28F5N2O3. The lowest BCUT2D eigenvalue weighted by Gasteiger charge is -2.18. The van der Waals surface area contributed by atoms with Crippen molar-refractivity contribution < 1.29 is 36.2 Å². The Labute approximate surface area is 223 Å². The van der Waals surface area contributed by atoms with E-state index in [-0.39, 0.29) is 25.2 Å². The number of aryl methyl sites for hydroxylation is 1. The molecule has 4 N–H and O–H groups in total. The number of hydrogen-bond donors (Lipinski definition) is 2. The van der Waals surface area contributed by atoms with Gasteiger partial charge in [-0.15, -0.1) is 0 Å². The van der Waals surface area contributed by atoms with Crippen molar-refractivity contribution in [2.45, 2.75) is 37.5 Å². The number of rotatable bonds is 11. The third-order valence-electron chi connectivity index (χ3n) is 5.73. The normalized spacial score (nSPS) is 12.9. The van der Waals surface area contributed by atoms with E-state index >= 15 is 0 Å². The van der Waals surface area contributed by atoms with Gasteiger partial charge in [0, 0.05) is 29.8 Å². The van der Waals surface area contributed by atoms with Gasteiger partial charge in [0.15, 0.2) is 0 Å². The Hall–Kier alpha value is -4.08. The monoisotopic (exact) mass is 547 g/mol. The van der Waals surface area contributed by atoms with Crippen molar-refractivity contribution in [3.63, 3.8) is 0 Å². The number of anilines is 2. The zero-order valence-electron chi connectivity index (χ0n) is 20.9. The Balaban J connectivity index is 1.51. The summed E-state index contributed by atoms with van der Waals surface area (Å²) >= 11 is 0. The fourth-order valence-electron chi connectivity index (χ4n) is 3.66. The van der Waals surface area contributed by atoms with Crippen molar-refractivity contribution in [2.24, 2.45) is 0 Å². The standard InChI is InChI=1S/C29H28F5N2O3/c1-19(25-14-11-23(35)17-26(25)36)18-38-27(37)15-8-21-4-9-22(10-5-21)29(33,34)39-24-12-6-20(7-13-24)3-2-16-28(30,31)32/h4-15,17,19H,1-3,16,18,35-36H2/b15-8+. The van der Waals surface area contributed by atoms with E-state index in [0.29, 0.717) is 28.1 Å². The van der Waals surface area contributed by atoms with Crippen LogP contribution in [0.15, 0.2) is 72.8 Å². The second-order valence-corrected chi connectivity index (χ2v) is 8.90. The largest absolute Gasteiger partial charge is 0.462 e. The summed E-state index contributed by atoms with van der Waals surface area (Å²) in [6, 6.07) is 15.6. The lowest BCUT2D eigenvalue weighted by Crippen LogP contribution is -2.21. The molecular weight excluding hydrogens is 519 g/mol. The van der Waals surface area contributed by atoms with Gasteiger partial charge in [0.1, 0.15) is 5.75 Å². The van der Waals surface area contributed by atoms with Gasteiger partial charge in [0.05, 0.1) is 12.2 Å². The van der Waals surface area contributed by atoms with Crippen molar-refractivity contribution in [1.29, 1.82) is 0 Å². The predicted molar refractivity (Wildman–Crippen MR) is 140 cm³/mol. The second-order valence-electron chi connectivity index (χ2n) is 8.90. The maximum atomic E-state index is 14.6. The average Bonchev–Trinajstić information content (AvgIpc) is 2.86. The van der Waals surface area contributed by atoms with Crippen molar-refractivity contribution in [3.8, 4) is 5.75 Å². The van der Waals surface area contributed by atoms with Crippen molar-refractivity contribution in [1.82, 2.24) is 0 Å². The highest BCUT2D eigenvalue weighted by molar-refractivity contribution is 5.87. The molecule has 39 heavy (non-hydrogen) atoms. The first-order chi connectivity index (χ1) is 18.3. The fraction of sp³-hybridized carbons (Fsp3) is 0.241. The van der Waals surface area contributed by atoms with Gasteiger partial charge in [0.25, 0.3) is 0 Å². The molecule has 0 fully saturated rings. The van der Waals surface area contributed by atoms with Gasteiger partial charge < -0.3 is 20.9 Å². The molecule has 10 heteroatoms. The number of nitrogens with two attached hydrogens (primary N) is 2. The minimum Gasteiger partial charge on any atom is -0.462 e. The van der Waals surface area contributed by atoms with Gasteiger partial charge >= 0.3 is 18.3 Å². The van der Waals surface area contributed by atoms with Gasteiger partial charge in [0.2, 0.25) is 0 Å². The van der Waals surface area contributed by atoms with E-state index in [1.807, 2.05) is 0 Å². The third-order valence-corrected chi connectivity index (χ3v) is 5.73. The van der Waals surface area contributed by atoms with Crippen LogP contribution in [0.3, 0.4) is 0 Å². The number of halogens is 5. The Morgan fingerprint density at radius 1 is 0.949 bits per heavy atom. The number of nitrogen functional groups attached to an aromatic ring is 2. The molecule has 0 aromatic heterocycles. The van der Waals surface area contributed by atoms with Crippen molar-refractivity contribution in [3.05, 3.63) is 102 Å². The summed E-state index contributed by atoms with van der Waals surface area (Å²) < 4.78 is 76.1. The number of esters is 1. The van der Waals surface area contributed by atoms with E-state index in [2.05, 4.69) is 6.92 Å². The van der Waals surface area contributed by atoms with E-state index < -0.39 is 36.2 Å². The van der Waals surface area contributed by atoms with E-state index in [1.54, 1.807) is 18.2 Å². The molecule has 0 heterocycles. The summed E-state index contributed by atoms with van der Waals surface area (Å²) in [7, 11) is 0. The van der Waals surface area contributed by atoms with Gasteiger partial charge in [-0.05, 0) is 78.9 Å². The highest BCUT2D eigenvalue weighted by Gasteiger charge is 2.34. The molecule has 0 spiro atoms. The van der Waals surface area contributed by atoms with Crippen LogP contribution < -0.4 is 16.2 Å². The molecule has 0 aliphatic heterocycles. The molecule has 0 bridgehead atoms. The molecule has 207 valence electrons. The molecule has 0 aliphatic carbocycles. The van der Waals surface area contributed by atoms with Crippen LogP contribution >= 0.6 is 0 Å². The Morgan fingerprint density at radius 2 is 1.62 bits per heavy atom. The van der Waals surface area contributed by atoms with Crippen LogP contribution in [0.2, 0.25) is 0 Å². The van der Waals surface area contributed by atoms with Crippen LogP contribution in [-0.4, -0.2) is 18.8 Å². The fourth-order valence-corrected chi connectivity index (χ4v) is 3.66. The molecule has 1 atom stereocenters. The number of hydrogen-bond acceptors (Lipinski definition) is 5. The van der Waals surface area contributed by atoms with Crippen molar-refractivity contribution in [2.75, 3.05) is 18.1 Å². The lowest BCUT2D eigenvalue weighted by molar-refractivity contribution is -0.185. The van der Waals surface area contributed by atoms with E-state index in [4.69, 9.17) is 20.9 Å². The Bertz CT molecular complexity index is 1270. The van der Waals surface area contributed by atoms with E-state index in [1.165, 1.54) is 48.6 Å². The van der Waals surface area contributed by atoms with Gasteiger partial charge in [-0.3, -0.25) is 0 Å². The topological polar surface area (TPSA) is 87.6 Å². The first kappa shape index (κ1) is 29.5. The maximum absolute atomic E-state index is 14.6. The molecule has 0 aliphatic rings. The summed E-state index contributed by atoms with van der Waals surface area (Å²) in [5, 5.41) is 0. The molecule has 1 radical (unpaired) electrons. The SMILES string of the molecule is [CH2]C(COC(=O)/C=C/c1ccc(C(F)(F)Oc2ccc(CCCC(F)(F)F)cc2)cc1)c1ccc(N)cc1N. The molecule has 3 aromatic carbocycles. The van der Waals surface area contributed by atoms with Gasteiger partial charge in [-0.2, -0.15) is 22.0 Å². The van der Waals surface area contributed by atoms with E-state index in [0.717, 1.165) is 12.1 Å². The zero-order valence-corrected chi connectivity index (χ0v) is 20.9. The quantitative estimate of drug-likeness (QED) is 0.116. The number of ether oxygens (including phenoxy) is 2. The first-order valence-corrected chi connectivity index (χ1v) is 12.0. The second kappa shape index (κ2) is 12.6. The number of benzene rings is 3. The van der Waals surface area contributed by atoms with Crippen LogP contribution in [-0.2, 0) is 22.1 Å². The van der Waals surface area contributed by atoms with Crippen LogP contribution in [0.4, 0.5) is 33.3 Å². The Morgan fingerprint density at radius 3 is 2.23 bits per heavy atom. The summed E-state index contributed by atoms with van der Waals surface area (Å²) in [5.74, 6) is -1.18. The molecule has 0 saturated heterocycles. The molecule has 5 nitrogen and oxygen atoms in total. The van der Waals surface area contributed by atoms with Gasteiger partial charge in [-0.1, -0.05) is 30.3 Å². The summed E-state index contributed by atoms with van der Waals surface area (Å²) in [4.78, 5) is 12.1. The smallest absolute Gasteiger partial charge is 0.426 e. The lowest BCUT2D eigenvalue weighted by atomic mass is 10.00. The average molecular weight is 548 g/mol. The molecule has 3 rings (SSSR count). The number of carbonyl (C=O) groups excluding carboxylic acids is 1. The Kier molecular flexibility index (Phi) is 9.56. The first-order valence-electron chi connectivity index (χ1n) is 12.0.